The standard InChI is InChI=1S/C13H19N3O6S/c1-8(2)14-12(17)13(18)15-16-23(19,20)11-7-9(21-3)5-6-10(11)22-4/h5-8,16H,1-4H3,(H,14,17)(H,15,18). The van der Waals surface area contributed by atoms with Crippen molar-refractivity contribution in [1.29, 1.82) is 0 Å². The Morgan fingerprint density at radius 3 is 2.26 bits per heavy atom. The van der Waals surface area contributed by atoms with Crippen molar-refractivity contribution in [3.8, 4) is 11.5 Å². The van der Waals surface area contributed by atoms with E-state index in [4.69, 9.17) is 9.47 Å². The van der Waals surface area contributed by atoms with Crippen molar-refractivity contribution in [2.75, 3.05) is 14.2 Å². The first-order valence-electron chi connectivity index (χ1n) is 6.56. The summed E-state index contributed by atoms with van der Waals surface area (Å²) in [5, 5.41) is 2.33. The van der Waals surface area contributed by atoms with E-state index in [1.54, 1.807) is 13.8 Å². The van der Waals surface area contributed by atoms with Crippen molar-refractivity contribution in [2.45, 2.75) is 24.8 Å². The van der Waals surface area contributed by atoms with Crippen LogP contribution < -0.4 is 25.0 Å². The lowest BCUT2D eigenvalue weighted by atomic mass is 10.3. The fraction of sp³-hybridized carbons (Fsp3) is 0.385. The molecule has 0 unspecified atom stereocenters. The van der Waals surface area contributed by atoms with E-state index in [0.29, 0.717) is 0 Å². The van der Waals surface area contributed by atoms with Crippen molar-refractivity contribution in [3.05, 3.63) is 18.2 Å². The summed E-state index contributed by atoms with van der Waals surface area (Å²) in [5.74, 6) is -1.75. The Morgan fingerprint density at radius 1 is 1.09 bits per heavy atom. The van der Waals surface area contributed by atoms with Crippen LogP contribution in [0.4, 0.5) is 0 Å². The highest BCUT2D eigenvalue weighted by atomic mass is 32.2. The lowest BCUT2D eigenvalue weighted by Crippen LogP contribution is -2.49. The number of nitrogens with one attached hydrogen (secondary N) is 3. The Labute approximate surface area is 134 Å². The molecular formula is C13H19N3O6S. The molecule has 0 spiro atoms. The molecule has 128 valence electrons. The fourth-order valence-electron chi connectivity index (χ4n) is 1.55. The van der Waals surface area contributed by atoms with Crippen molar-refractivity contribution in [2.24, 2.45) is 0 Å². The van der Waals surface area contributed by atoms with Gasteiger partial charge in [-0.1, -0.05) is 0 Å². The van der Waals surface area contributed by atoms with Crippen LogP contribution in [0.25, 0.3) is 0 Å². The van der Waals surface area contributed by atoms with Gasteiger partial charge in [0, 0.05) is 12.1 Å². The maximum absolute atomic E-state index is 12.2. The van der Waals surface area contributed by atoms with Gasteiger partial charge in [0.25, 0.3) is 10.0 Å². The SMILES string of the molecule is COc1ccc(OC)c(S(=O)(=O)NNC(=O)C(=O)NC(C)C)c1. The Hall–Kier alpha value is -2.33. The van der Waals surface area contributed by atoms with E-state index in [1.807, 2.05) is 10.3 Å². The summed E-state index contributed by atoms with van der Waals surface area (Å²) in [6, 6.07) is 3.89. The maximum atomic E-state index is 12.2. The van der Waals surface area contributed by atoms with Crippen molar-refractivity contribution in [3.63, 3.8) is 0 Å². The van der Waals surface area contributed by atoms with Crippen LogP contribution in [0.3, 0.4) is 0 Å². The van der Waals surface area contributed by atoms with Crippen molar-refractivity contribution < 1.29 is 27.5 Å². The molecule has 3 N–H and O–H groups in total. The molecular weight excluding hydrogens is 326 g/mol. The number of ether oxygens (including phenoxy) is 2. The first-order chi connectivity index (χ1) is 10.7. The number of amides is 2. The second kappa shape index (κ2) is 7.79. The molecule has 0 aliphatic heterocycles. The second-order valence-electron chi connectivity index (χ2n) is 4.70. The normalized spacial score (nSPS) is 11.0. The van der Waals surface area contributed by atoms with Gasteiger partial charge in [0.2, 0.25) is 0 Å². The van der Waals surface area contributed by atoms with E-state index in [9.17, 15) is 18.0 Å². The van der Waals surface area contributed by atoms with Gasteiger partial charge in [-0.2, -0.15) is 0 Å². The van der Waals surface area contributed by atoms with Gasteiger partial charge in [-0.05, 0) is 26.0 Å². The highest BCUT2D eigenvalue weighted by molar-refractivity contribution is 7.89. The van der Waals surface area contributed by atoms with Gasteiger partial charge in [-0.3, -0.25) is 15.0 Å². The lowest BCUT2D eigenvalue weighted by molar-refractivity contribution is -0.139. The number of methoxy groups -OCH3 is 2. The number of hydrogen-bond acceptors (Lipinski definition) is 6. The summed E-state index contributed by atoms with van der Waals surface area (Å²) in [4.78, 5) is 24.5. The monoisotopic (exact) mass is 345 g/mol. The van der Waals surface area contributed by atoms with Crippen LogP contribution in [0.1, 0.15) is 13.8 Å². The van der Waals surface area contributed by atoms with Crippen molar-refractivity contribution >= 4 is 21.8 Å². The van der Waals surface area contributed by atoms with Crippen LogP contribution in [0.15, 0.2) is 23.1 Å². The molecule has 9 nitrogen and oxygen atoms in total. The molecule has 0 saturated heterocycles. The zero-order valence-corrected chi connectivity index (χ0v) is 14.0. The summed E-state index contributed by atoms with van der Waals surface area (Å²) < 4.78 is 34.4. The molecule has 10 heteroatoms. The van der Waals surface area contributed by atoms with Gasteiger partial charge in [-0.15, -0.1) is 4.83 Å². The van der Waals surface area contributed by atoms with E-state index >= 15 is 0 Å². The van der Waals surface area contributed by atoms with Crippen LogP contribution in [0, 0.1) is 0 Å². The van der Waals surface area contributed by atoms with Crippen LogP contribution in [-0.4, -0.2) is 40.5 Å². The predicted octanol–water partition coefficient (Wildman–Crippen LogP) is -0.462. The molecule has 0 saturated carbocycles. The number of carbonyl (C=O) groups is 2. The van der Waals surface area contributed by atoms with Gasteiger partial charge in [0.1, 0.15) is 16.4 Å². The Balaban J connectivity index is 2.92. The Kier molecular flexibility index (Phi) is 6.34. The Morgan fingerprint density at radius 2 is 1.74 bits per heavy atom. The highest BCUT2D eigenvalue weighted by Gasteiger charge is 2.23. The van der Waals surface area contributed by atoms with Gasteiger partial charge in [0.15, 0.2) is 0 Å². The summed E-state index contributed by atoms with van der Waals surface area (Å²) >= 11 is 0. The first kappa shape index (κ1) is 18.7. The average molecular weight is 345 g/mol. The van der Waals surface area contributed by atoms with Gasteiger partial charge in [-0.25, -0.2) is 8.42 Å². The van der Waals surface area contributed by atoms with Gasteiger partial charge >= 0.3 is 11.8 Å². The third-order valence-electron chi connectivity index (χ3n) is 2.59. The molecule has 0 radical (unpaired) electrons. The minimum atomic E-state index is -4.16. The largest absolute Gasteiger partial charge is 0.497 e. The zero-order chi connectivity index (χ0) is 17.6. The van der Waals surface area contributed by atoms with E-state index < -0.39 is 21.8 Å². The molecule has 0 aromatic heterocycles. The molecule has 0 fully saturated rings. The zero-order valence-electron chi connectivity index (χ0n) is 13.2. The number of rotatable bonds is 6. The predicted molar refractivity (Wildman–Crippen MR) is 81.3 cm³/mol. The van der Waals surface area contributed by atoms with E-state index in [1.165, 1.54) is 32.4 Å². The number of hydrazine groups is 1. The molecule has 2 amide bonds. The smallest absolute Gasteiger partial charge is 0.324 e. The number of hydrogen-bond donors (Lipinski definition) is 3. The lowest BCUT2D eigenvalue weighted by Gasteiger charge is -2.13. The molecule has 0 aliphatic rings. The second-order valence-corrected chi connectivity index (χ2v) is 6.36. The molecule has 1 rings (SSSR count). The summed E-state index contributed by atoms with van der Waals surface area (Å²) in [5.41, 5.74) is 1.83. The fourth-order valence-corrected chi connectivity index (χ4v) is 2.57. The number of benzene rings is 1. The summed E-state index contributed by atoms with van der Waals surface area (Å²) in [6.07, 6.45) is 0. The first-order valence-corrected chi connectivity index (χ1v) is 8.04. The third-order valence-corrected chi connectivity index (χ3v) is 3.85. The van der Waals surface area contributed by atoms with E-state index in [0.717, 1.165) is 0 Å². The van der Waals surface area contributed by atoms with Crippen LogP contribution in [0.5, 0.6) is 11.5 Å². The van der Waals surface area contributed by atoms with Crippen molar-refractivity contribution in [1.82, 2.24) is 15.6 Å². The average Bonchev–Trinajstić information content (AvgIpc) is 2.51. The molecule has 0 aliphatic carbocycles. The maximum Gasteiger partial charge on any atom is 0.324 e. The number of carbonyl (C=O) groups excluding carboxylic acids is 2. The number of sulfonamides is 1. The molecule has 0 bridgehead atoms. The van der Waals surface area contributed by atoms with Crippen LogP contribution >= 0.6 is 0 Å². The van der Waals surface area contributed by atoms with Gasteiger partial charge < -0.3 is 14.8 Å². The third kappa shape index (κ3) is 5.11. The molecule has 1 aromatic rings. The molecule has 23 heavy (non-hydrogen) atoms. The topological polar surface area (TPSA) is 123 Å². The van der Waals surface area contributed by atoms with E-state index in [2.05, 4.69) is 5.32 Å². The highest BCUT2D eigenvalue weighted by Crippen LogP contribution is 2.27. The minimum absolute atomic E-state index is 0.0548. The van der Waals surface area contributed by atoms with Crippen LogP contribution in [-0.2, 0) is 19.6 Å². The quantitative estimate of drug-likeness (QED) is 0.473. The molecule has 1 aromatic carbocycles. The summed E-state index contributed by atoms with van der Waals surface area (Å²) in [7, 11) is -1.48. The van der Waals surface area contributed by atoms with E-state index in [-0.39, 0.29) is 22.4 Å². The minimum Gasteiger partial charge on any atom is -0.497 e. The molecule has 0 atom stereocenters. The van der Waals surface area contributed by atoms with Gasteiger partial charge in [0.05, 0.1) is 14.2 Å². The summed E-state index contributed by atoms with van der Waals surface area (Å²) in [6.45, 7) is 3.33. The Bertz CT molecular complexity index is 687. The van der Waals surface area contributed by atoms with Crippen LogP contribution in [0.2, 0.25) is 0 Å². The molecule has 0 heterocycles.